The molecule has 1 aromatic carbocycles. The van der Waals surface area contributed by atoms with E-state index >= 15 is 0 Å². The molecule has 1 aliphatic heterocycles. The number of aliphatic hydroxyl groups excluding tert-OH is 1. The van der Waals surface area contributed by atoms with Crippen molar-refractivity contribution in [2.24, 2.45) is 5.41 Å². The van der Waals surface area contributed by atoms with E-state index in [0.717, 1.165) is 19.3 Å². The van der Waals surface area contributed by atoms with Crippen LogP contribution in [0.5, 0.6) is 5.75 Å². The maximum absolute atomic E-state index is 12.9. The fraction of sp³-hybridized carbons (Fsp3) is 0.667. The molecule has 1 heterocycles. The van der Waals surface area contributed by atoms with Crippen LogP contribution in [0.4, 0.5) is 8.78 Å². The Morgan fingerprint density at radius 3 is 2.62 bits per heavy atom. The number of amides is 1. The van der Waals surface area contributed by atoms with Gasteiger partial charge in [-0.05, 0) is 42.9 Å². The number of aliphatic hydroxyl groups is 1. The Kier molecular flexibility index (Phi) is 5.90. The zero-order valence-corrected chi connectivity index (χ0v) is 19.6. The molecular formula is C24H28ClF2NO6. The summed E-state index contributed by atoms with van der Waals surface area (Å²) in [6.07, 6.45) is -2.01. The van der Waals surface area contributed by atoms with Crippen molar-refractivity contribution in [3.63, 3.8) is 0 Å². The first-order valence-electron chi connectivity index (χ1n) is 11.6. The highest BCUT2D eigenvalue weighted by Gasteiger charge is 2.68. The Morgan fingerprint density at radius 1 is 1.24 bits per heavy atom. The van der Waals surface area contributed by atoms with Gasteiger partial charge in [-0.2, -0.15) is 8.78 Å². The van der Waals surface area contributed by atoms with E-state index in [1.165, 1.54) is 0 Å². The van der Waals surface area contributed by atoms with Crippen LogP contribution in [0.25, 0.3) is 0 Å². The summed E-state index contributed by atoms with van der Waals surface area (Å²) in [5.74, 6) is 0.205. The minimum atomic E-state index is -3.16. The van der Waals surface area contributed by atoms with E-state index in [1.807, 2.05) is 0 Å². The molecule has 2 N–H and O–H groups in total. The number of halogens is 3. The molecule has 0 unspecified atom stereocenters. The zero-order chi connectivity index (χ0) is 24.3. The molecule has 34 heavy (non-hydrogen) atoms. The van der Waals surface area contributed by atoms with Crippen molar-refractivity contribution in [1.29, 1.82) is 0 Å². The van der Waals surface area contributed by atoms with Crippen LogP contribution in [0, 0.1) is 5.41 Å². The lowest BCUT2D eigenvalue weighted by atomic mass is 9.38. The van der Waals surface area contributed by atoms with E-state index in [1.54, 1.807) is 18.2 Å². The molecule has 0 aromatic heterocycles. The number of rotatable bonds is 9. The molecule has 4 aliphatic carbocycles. The molecule has 0 radical (unpaired) electrons. The molecular weight excluding hydrogens is 472 g/mol. The summed E-state index contributed by atoms with van der Waals surface area (Å²) in [5.41, 5.74) is 0.190. The molecule has 4 saturated carbocycles. The Bertz CT molecular complexity index is 972. The minimum absolute atomic E-state index is 0.0398. The highest BCUT2D eigenvalue weighted by molar-refractivity contribution is 6.30. The van der Waals surface area contributed by atoms with Crippen LogP contribution in [0.1, 0.15) is 63.5 Å². The second-order valence-corrected chi connectivity index (χ2v) is 10.9. The van der Waals surface area contributed by atoms with Crippen molar-refractivity contribution >= 4 is 23.3 Å². The maximum Gasteiger partial charge on any atom is 0.353 e. The summed E-state index contributed by atoms with van der Waals surface area (Å²) in [6.45, 7) is 0.588. The lowest BCUT2D eigenvalue weighted by molar-refractivity contribution is -0.275. The van der Waals surface area contributed by atoms with Gasteiger partial charge in [0.2, 0.25) is 5.91 Å². The van der Waals surface area contributed by atoms with E-state index < -0.39 is 24.4 Å². The molecule has 7 nitrogen and oxygen atoms in total. The number of carbonyl (C=O) groups excluding carboxylic acids is 2. The third-order valence-electron chi connectivity index (χ3n) is 7.37. The van der Waals surface area contributed by atoms with Gasteiger partial charge >= 0.3 is 6.11 Å². The summed E-state index contributed by atoms with van der Waals surface area (Å²) in [4.78, 5) is 25.2. The van der Waals surface area contributed by atoms with Gasteiger partial charge in [-0.25, -0.2) is 0 Å². The highest BCUT2D eigenvalue weighted by Crippen LogP contribution is 2.69. The summed E-state index contributed by atoms with van der Waals surface area (Å²) in [5, 5.41) is 13.9. The molecule has 186 valence electrons. The Balaban J connectivity index is 1.03. The summed E-state index contributed by atoms with van der Waals surface area (Å²) < 4.78 is 41.5. The maximum atomic E-state index is 12.9. The Morgan fingerprint density at radius 2 is 1.94 bits per heavy atom. The number of hydrogen-bond acceptors (Lipinski definition) is 6. The molecule has 0 spiro atoms. The number of carbonyl (C=O) groups is 2. The Hall–Kier alpha value is -1.81. The first-order valence-corrected chi connectivity index (χ1v) is 12.0. The number of hydrogen-bond donors (Lipinski definition) is 2. The van der Waals surface area contributed by atoms with Gasteiger partial charge in [-0.3, -0.25) is 9.59 Å². The molecule has 2 bridgehead atoms. The van der Waals surface area contributed by atoms with Crippen LogP contribution in [0.3, 0.4) is 0 Å². The number of ether oxygens (including phenoxy) is 3. The quantitative estimate of drug-likeness (QED) is 0.538. The van der Waals surface area contributed by atoms with E-state index in [9.17, 15) is 23.5 Å². The fourth-order valence-corrected chi connectivity index (χ4v) is 6.17. The zero-order valence-electron chi connectivity index (χ0n) is 18.8. The van der Waals surface area contributed by atoms with Crippen LogP contribution in [-0.4, -0.2) is 53.4 Å². The first kappa shape index (κ1) is 23.9. The molecule has 10 heteroatoms. The van der Waals surface area contributed by atoms with Gasteiger partial charge in [0.25, 0.3) is 0 Å². The number of fused-ring (bicyclic) bond motifs is 1. The van der Waals surface area contributed by atoms with Crippen molar-refractivity contribution in [2.45, 2.75) is 87.9 Å². The predicted octanol–water partition coefficient (Wildman–Crippen LogP) is 3.70. The van der Waals surface area contributed by atoms with E-state index in [4.69, 9.17) is 21.1 Å². The Labute approximate surface area is 201 Å². The second kappa shape index (κ2) is 8.40. The molecule has 0 saturated heterocycles. The lowest BCUT2D eigenvalue weighted by Gasteiger charge is -2.70. The first-order chi connectivity index (χ1) is 15.9. The van der Waals surface area contributed by atoms with E-state index in [-0.39, 0.29) is 41.8 Å². The molecule has 1 amide bonds. The largest absolute Gasteiger partial charge is 0.482 e. The minimum Gasteiger partial charge on any atom is -0.482 e. The smallest absolute Gasteiger partial charge is 0.353 e. The second-order valence-electron chi connectivity index (χ2n) is 10.5. The van der Waals surface area contributed by atoms with Gasteiger partial charge in [-0.1, -0.05) is 11.6 Å². The number of nitrogens with one attached hydrogen (secondary N) is 1. The number of Topliss-reactive ketones (excluding diaryl/α,β-unsaturated/α-hetero) is 1. The third-order valence-corrected chi connectivity index (χ3v) is 7.60. The molecule has 2 atom stereocenters. The lowest BCUT2D eigenvalue weighted by Crippen LogP contribution is -2.75. The third kappa shape index (κ3) is 4.80. The molecule has 5 aliphatic rings. The highest BCUT2D eigenvalue weighted by atomic mass is 35.5. The standard InChI is InChI=1S/C24H28ClF2NO6/c1-22(26,27)34-15-5-14(6-15)32-9-21(31)28-24-10-23(11-24,12-24)8-18(30)20-7-17(29)16-4-13(25)2-3-19(16)33-20/h2-4,14-15,17,20,29H,5-12H2,1H3,(H,28,31)/t14?,15?,17-,20+,23?,24?/m0/s1. The SMILES string of the molecule is CC(F)(F)OC1CC(OCC(=O)NC23CC(CC(=O)[C@H]4C[C@H](O)c5cc(Cl)ccc5O4)(C2)C3)C1. The average Bonchev–Trinajstić information content (AvgIpc) is 2.66. The van der Waals surface area contributed by atoms with E-state index in [0.29, 0.717) is 42.5 Å². The predicted molar refractivity (Wildman–Crippen MR) is 117 cm³/mol. The van der Waals surface area contributed by atoms with Crippen molar-refractivity contribution in [3.8, 4) is 5.75 Å². The number of alkyl halides is 2. The molecule has 6 rings (SSSR count). The molecule has 4 fully saturated rings. The summed E-state index contributed by atoms with van der Waals surface area (Å²) >= 11 is 5.98. The topological polar surface area (TPSA) is 94.1 Å². The van der Waals surface area contributed by atoms with Crippen molar-refractivity contribution in [2.75, 3.05) is 6.61 Å². The van der Waals surface area contributed by atoms with Crippen molar-refractivity contribution < 1.29 is 37.7 Å². The van der Waals surface area contributed by atoms with Crippen LogP contribution in [-0.2, 0) is 19.1 Å². The van der Waals surface area contributed by atoms with Crippen LogP contribution in [0.15, 0.2) is 18.2 Å². The van der Waals surface area contributed by atoms with Gasteiger partial charge < -0.3 is 24.6 Å². The number of ketones is 1. The van der Waals surface area contributed by atoms with Crippen LogP contribution < -0.4 is 10.1 Å². The van der Waals surface area contributed by atoms with Gasteiger partial charge in [0.15, 0.2) is 11.9 Å². The number of benzene rings is 1. The molecule has 1 aromatic rings. The van der Waals surface area contributed by atoms with Gasteiger partial charge in [0, 0.05) is 48.7 Å². The average molecular weight is 500 g/mol. The van der Waals surface area contributed by atoms with E-state index in [2.05, 4.69) is 10.1 Å². The summed E-state index contributed by atoms with van der Waals surface area (Å²) in [7, 11) is 0. The fourth-order valence-electron chi connectivity index (χ4n) is 5.98. The van der Waals surface area contributed by atoms with Crippen LogP contribution in [0.2, 0.25) is 5.02 Å². The van der Waals surface area contributed by atoms with Gasteiger partial charge in [0.1, 0.15) is 12.4 Å². The monoisotopic (exact) mass is 499 g/mol. The van der Waals surface area contributed by atoms with Gasteiger partial charge in [0.05, 0.1) is 18.3 Å². The normalized spacial score (nSPS) is 35.7. The van der Waals surface area contributed by atoms with Crippen molar-refractivity contribution in [3.05, 3.63) is 28.8 Å². The summed E-state index contributed by atoms with van der Waals surface area (Å²) in [6, 6.07) is 4.99. The van der Waals surface area contributed by atoms with Crippen molar-refractivity contribution in [1.82, 2.24) is 5.32 Å². The van der Waals surface area contributed by atoms with Gasteiger partial charge in [-0.15, -0.1) is 0 Å². The van der Waals surface area contributed by atoms with Crippen LogP contribution >= 0.6 is 11.6 Å².